The van der Waals surface area contributed by atoms with Gasteiger partial charge >= 0.3 is 0 Å². The lowest BCUT2D eigenvalue weighted by atomic mass is 9.87. The Morgan fingerprint density at radius 1 is 1.18 bits per heavy atom. The second-order valence-corrected chi connectivity index (χ2v) is 11.0. The number of fused-ring (bicyclic) bond motifs is 1. The van der Waals surface area contributed by atoms with Gasteiger partial charge in [0.05, 0.1) is 24.0 Å². The molecule has 3 heterocycles. The van der Waals surface area contributed by atoms with Gasteiger partial charge in [-0.25, -0.2) is 19.2 Å². The van der Waals surface area contributed by atoms with Gasteiger partial charge in [0.25, 0.3) is 0 Å². The van der Waals surface area contributed by atoms with Crippen molar-refractivity contribution in [3.63, 3.8) is 0 Å². The van der Waals surface area contributed by atoms with Crippen LogP contribution in [0.25, 0.3) is 16.1 Å². The third kappa shape index (κ3) is 5.10. The molecule has 0 saturated carbocycles. The first-order valence-electron chi connectivity index (χ1n) is 13.5. The first kappa shape index (κ1) is 26.1. The summed E-state index contributed by atoms with van der Waals surface area (Å²) in [7, 11) is 2.15. The summed E-state index contributed by atoms with van der Waals surface area (Å²) in [5.74, 6) is 1.02. The van der Waals surface area contributed by atoms with Gasteiger partial charge < -0.3 is 14.5 Å². The maximum Gasteiger partial charge on any atom is 0.190 e. The average molecular weight is 514 g/mol. The van der Waals surface area contributed by atoms with Crippen molar-refractivity contribution in [3.8, 4) is 17.0 Å². The van der Waals surface area contributed by atoms with Gasteiger partial charge in [-0.2, -0.15) is 0 Å². The minimum Gasteiger partial charge on any atom is -0.486 e. The molecular weight excluding hydrogens is 477 g/mol. The lowest BCUT2D eigenvalue weighted by Crippen LogP contribution is -2.45. The summed E-state index contributed by atoms with van der Waals surface area (Å²) in [5, 5.41) is 0. The zero-order valence-corrected chi connectivity index (χ0v) is 23.0. The molecule has 1 fully saturated rings. The maximum absolute atomic E-state index is 15.2. The van der Waals surface area contributed by atoms with Gasteiger partial charge in [-0.05, 0) is 89.9 Å². The molecule has 2 aliphatic heterocycles. The van der Waals surface area contributed by atoms with Crippen LogP contribution in [0.15, 0.2) is 36.5 Å². The van der Waals surface area contributed by atoms with Gasteiger partial charge in [0.2, 0.25) is 0 Å². The van der Waals surface area contributed by atoms with Crippen molar-refractivity contribution in [1.82, 2.24) is 14.9 Å². The zero-order valence-electron chi connectivity index (χ0n) is 23.0. The molecule has 2 aromatic carbocycles. The molecule has 1 saturated heterocycles. The summed E-state index contributed by atoms with van der Waals surface area (Å²) in [4.78, 5) is 17.9. The van der Waals surface area contributed by atoms with Gasteiger partial charge in [0, 0.05) is 24.2 Å². The highest BCUT2D eigenvalue weighted by molar-refractivity contribution is 5.74. The topological polar surface area (TPSA) is 45.9 Å². The van der Waals surface area contributed by atoms with Crippen LogP contribution in [0.3, 0.4) is 0 Å². The number of anilines is 1. The Kier molecular flexibility index (Phi) is 7.36. The van der Waals surface area contributed by atoms with Crippen LogP contribution < -0.4 is 9.64 Å². The highest BCUT2D eigenvalue weighted by Crippen LogP contribution is 2.41. The summed E-state index contributed by atoms with van der Waals surface area (Å²) in [6.07, 6.45) is 4.47. The van der Waals surface area contributed by atoms with E-state index in [1.165, 1.54) is 6.07 Å². The molecule has 1 aromatic heterocycles. The van der Waals surface area contributed by atoms with E-state index in [4.69, 9.17) is 16.3 Å². The number of rotatable bonds is 5. The van der Waals surface area contributed by atoms with Gasteiger partial charge in [-0.3, -0.25) is 0 Å². The maximum atomic E-state index is 15.2. The van der Waals surface area contributed by atoms with E-state index >= 15 is 4.39 Å². The van der Waals surface area contributed by atoms with Crippen LogP contribution >= 0.6 is 0 Å². The number of aromatic nitrogens is 2. The van der Waals surface area contributed by atoms with Crippen LogP contribution in [0.4, 0.5) is 15.8 Å². The fraction of sp³-hybridized carbons (Fsp3) is 0.452. The Morgan fingerprint density at radius 2 is 1.95 bits per heavy atom. The van der Waals surface area contributed by atoms with Gasteiger partial charge in [0.1, 0.15) is 12.4 Å². The van der Waals surface area contributed by atoms with Crippen molar-refractivity contribution in [2.75, 3.05) is 31.6 Å². The molecule has 0 N–H and O–H groups in total. The number of halogens is 1. The molecule has 6 nitrogen and oxygen atoms in total. The van der Waals surface area contributed by atoms with Crippen LogP contribution in [0.2, 0.25) is 0 Å². The molecule has 1 atom stereocenters. The van der Waals surface area contributed by atoms with E-state index in [0.717, 1.165) is 54.0 Å². The third-order valence-corrected chi connectivity index (χ3v) is 7.83. The predicted octanol–water partition coefficient (Wildman–Crippen LogP) is 6.54. The lowest BCUT2D eigenvalue weighted by Gasteiger charge is -2.40. The summed E-state index contributed by atoms with van der Waals surface area (Å²) in [6.45, 7) is 18.6. The predicted molar refractivity (Wildman–Crippen MR) is 150 cm³/mol. The molecular formula is C31H36FN5O. The van der Waals surface area contributed by atoms with E-state index in [-0.39, 0.29) is 17.9 Å². The first-order chi connectivity index (χ1) is 18.2. The highest BCUT2D eigenvalue weighted by atomic mass is 19.1. The molecule has 0 amide bonds. The Labute approximate surface area is 225 Å². The van der Waals surface area contributed by atoms with E-state index in [1.54, 1.807) is 6.20 Å². The van der Waals surface area contributed by atoms with Crippen molar-refractivity contribution in [3.05, 3.63) is 76.3 Å². The summed E-state index contributed by atoms with van der Waals surface area (Å²) < 4.78 is 21.0. The van der Waals surface area contributed by atoms with E-state index in [0.29, 0.717) is 41.8 Å². The minimum atomic E-state index is -0.374. The number of nitrogens with zero attached hydrogens (tertiary/aromatic N) is 5. The van der Waals surface area contributed by atoms with Crippen LogP contribution in [0, 0.1) is 19.3 Å². The Bertz CT molecular complexity index is 1370. The van der Waals surface area contributed by atoms with Crippen molar-refractivity contribution < 1.29 is 9.13 Å². The quantitative estimate of drug-likeness (QED) is 0.363. The third-order valence-electron chi connectivity index (χ3n) is 7.83. The van der Waals surface area contributed by atoms with Crippen LogP contribution in [0.5, 0.6) is 5.75 Å². The first-order valence-corrected chi connectivity index (χ1v) is 13.5. The molecule has 198 valence electrons. The highest BCUT2D eigenvalue weighted by Gasteiger charge is 2.30. The molecule has 7 heteroatoms. The molecule has 0 radical (unpaired) electrons. The molecule has 5 rings (SSSR count). The molecule has 1 unspecified atom stereocenters. The number of piperidine rings is 1. The second kappa shape index (κ2) is 10.7. The SMILES string of the molecule is [C-]#[N+]c1cc(Cc2ncc(C)c(-c3cc(F)c4c(c3)N(C(C)C)C(C)CO4)n2)ccc1C1CCN(C)CC1. The van der Waals surface area contributed by atoms with Crippen molar-refractivity contribution in [2.45, 2.75) is 65.0 Å². The van der Waals surface area contributed by atoms with Crippen LogP contribution in [0.1, 0.15) is 62.0 Å². The van der Waals surface area contributed by atoms with Gasteiger partial charge in [-0.15, -0.1) is 0 Å². The fourth-order valence-corrected chi connectivity index (χ4v) is 5.86. The molecule has 0 bridgehead atoms. The summed E-state index contributed by atoms with van der Waals surface area (Å²) in [6, 6.07) is 10.1. The number of aryl methyl sites for hydroxylation is 1. The van der Waals surface area contributed by atoms with Crippen LogP contribution in [-0.4, -0.2) is 53.7 Å². The number of ether oxygens (including phenoxy) is 1. The van der Waals surface area contributed by atoms with E-state index in [9.17, 15) is 0 Å². The lowest BCUT2D eigenvalue weighted by molar-refractivity contribution is 0.252. The monoisotopic (exact) mass is 513 g/mol. The summed E-state index contributed by atoms with van der Waals surface area (Å²) in [5.41, 5.74) is 5.96. The van der Waals surface area contributed by atoms with Gasteiger partial charge in [-0.1, -0.05) is 23.8 Å². The average Bonchev–Trinajstić information content (AvgIpc) is 2.89. The van der Waals surface area contributed by atoms with E-state index in [1.807, 2.05) is 19.1 Å². The standard InChI is InChI=1S/C31H36FN5O/c1-19(2)37-21(4)18-38-31-26(32)15-24(16-28(31)37)30-20(3)17-34-29(35-30)14-22-7-8-25(27(13-22)33-5)23-9-11-36(6)12-10-23/h7-8,13,15-17,19,21,23H,9-12,14,18H2,1-4,6H3. The number of hydrogen-bond acceptors (Lipinski definition) is 5. The Hall–Kier alpha value is -3.50. The fourth-order valence-electron chi connectivity index (χ4n) is 5.86. The second-order valence-electron chi connectivity index (χ2n) is 11.0. The number of hydrogen-bond donors (Lipinski definition) is 0. The Morgan fingerprint density at radius 3 is 2.66 bits per heavy atom. The van der Waals surface area contributed by atoms with E-state index < -0.39 is 0 Å². The molecule has 0 aliphatic carbocycles. The normalized spacial score (nSPS) is 18.3. The summed E-state index contributed by atoms with van der Waals surface area (Å²) >= 11 is 0. The molecule has 0 spiro atoms. The molecule has 2 aliphatic rings. The largest absolute Gasteiger partial charge is 0.486 e. The zero-order chi connectivity index (χ0) is 27.0. The number of benzene rings is 2. The van der Waals surface area contributed by atoms with Crippen molar-refractivity contribution in [2.24, 2.45) is 0 Å². The number of likely N-dealkylation sites (tertiary alicyclic amines) is 1. The van der Waals surface area contributed by atoms with Crippen molar-refractivity contribution >= 4 is 11.4 Å². The van der Waals surface area contributed by atoms with E-state index in [2.05, 4.69) is 59.6 Å². The van der Waals surface area contributed by atoms with Gasteiger partial charge in [0.15, 0.2) is 17.3 Å². The Balaban J connectivity index is 1.45. The minimum absolute atomic E-state index is 0.147. The molecule has 38 heavy (non-hydrogen) atoms. The smallest absolute Gasteiger partial charge is 0.190 e. The molecule has 3 aromatic rings. The van der Waals surface area contributed by atoms with Crippen molar-refractivity contribution in [1.29, 1.82) is 0 Å². The van der Waals surface area contributed by atoms with Crippen LogP contribution in [-0.2, 0) is 6.42 Å².